The van der Waals surface area contributed by atoms with Gasteiger partial charge in [-0.3, -0.25) is 0 Å². The molecular weight excluding hydrogens is 302 g/mol. The predicted molar refractivity (Wildman–Crippen MR) is 77.4 cm³/mol. The average molecular weight is 321 g/mol. The van der Waals surface area contributed by atoms with Crippen molar-refractivity contribution in [2.24, 2.45) is 0 Å². The highest BCUT2D eigenvalue weighted by atomic mass is 35.5. The van der Waals surface area contributed by atoms with Crippen LogP contribution in [0.4, 0.5) is 13.6 Å². The molecule has 2 atom stereocenters. The van der Waals surface area contributed by atoms with Gasteiger partial charge < -0.3 is 15.0 Å². The maximum absolute atomic E-state index is 13.5. The van der Waals surface area contributed by atoms with Gasteiger partial charge in [0.15, 0.2) is 11.6 Å². The predicted octanol–water partition coefficient (Wildman–Crippen LogP) is 2.71. The standard InChI is InChI=1S/C14H18F2N2O2.ClH/c1-9-6-17-7-10(2)18(9)14(19)20-8-11-4-3-5-12(15)13(11)16;/h3-5,9-10,17H,6-8H2,1-2H3;1H/t9-,10+;. The van der Waals surface area contributed by atoms with Gasteiger partial charge in [-0.1, -0.05) is 12.1 Å². The van der Waals surface area contributed by atoms with Crippen LogP contribution in [-0.2, 0) is 11.3 Å². The lowest BCUT2D eigenvalue weighted by Gasteiger charge is -2.38. The highest BCUT2D eigenvalue weighted by Gasteiger charge is 2.30. The van der Waals surface area contributed by atoms with Crippen LogP contribution in [0.5, 0.6) is 0 Å². The zero-order valence-corrected chi connectivity index (χ0v) is 12.8. The summed E-state index contributed by atoms with van der Waals surface area (Å²) in [5.74, 6) is -1.91. The molecule has 1 amide bonds. The van der Waals surface area contributed by atoms with Crippen LogP contribution in [0.3, 0.4) is 0 Å². The monoisotopic (exact) mass is 320 g/mol. The van der Waals surface area contributed by atoms with E-state index in [9.17, 15) is 13.6 Å². The van der Waals surface area contributed by atoms with Crippen LogP contribution in [0.2, 0.25) is 0 Å². The number of ether oxygens (including phenoxy) is 1. The second-order valence-electron chi connectivity index (χ2n) is 5.03. The van der Waals surface area contributed by atoms with Crippen LogP contribution in [0.25, 0.3) is 0 Å². The highest BCUT2D eigenvalue weighted by Crippen LogP contribution is 2.15. The van der Waals surface area contributed by atoms with E-state index in [1.165, 1.54) is 12.1 Å². The lowest BCUT2D eigenvalue weighted by Crippen LogP contribution is -2.57. The highest BCUT2D eigenvalue weighted by molar-refractivity contribution is 5.85. The molecule has 2 rings (SSSR count). The normalized spacial score (nSPS) is 21.6. The molecule has 1 N–H and O–H groups in total. The van der Waals surface area contributed by atoms with Crippen LogP contribution in [0.1, 0.15) is 19.4 Å². The molecule has 0 radical (unpaired) electrons. The molecule has 0 unspecified atom stereocenters. The maximum Gasteiger partial charge on any atom is 0.410 e. The first-order valence-electron chi connectivity index (χ1n) is 6.59. The SMILES string of the molecule is C[C@@H]1CNC[C@H](C)N1C(=O)OCc1cccc(F)c1F.Cl. The van der Waals surface area contributed by atoms with Crippen molar-refractivity contribution in [2.45, 2.75) is 32.5 Å². The Morgan fingerprint density at radius 1 is 1.33 bits per heavy atom. The lowest BCUT2D eigenvalue weighted by atomic mass is 10.1. The maximum atomic E-state index is 13.5. The topological polar surface area (TPSA) is 41.6 Å². The Bertz CT molecular complexity index is 492. The summed E-state index contributed by atoms with van der Waals surface area (Å²) in [6.07, 6.45) is -0.504. The zero-order chi connectivity index (χ0) is 14.7. The number of rotatable bonds is 2. The quantitative estimate of drug-likeness (QED) is 0.911. The molecule has 7 heteroatoms. The molecule has 4 nitrogen and oxygen atoms in total. The van der Waals surface area contributed by atoms with E-state index >= 15 is 0 Å². The smallest absolute Gasteiger partial charge is 0.410 e. The third kappa shape index (κ3) is 4.04. The molecule has 0 bridgehead atoms. The van der Waals surface area contributed by atoms with Gasteiger partial charge in [0.25, 0.3) is 0 Å². The fourth-order valence-electron chi connectivity index (χ4n) is 2.37. The Morgan fingerprint density at radius 2 is 1.95 bits per heavy atom. The summed E-state index contributed by atoms with van der Waals surface area (Å²) in [6.45, 7) is 4.92. The number of hydrogen-bond donors (Lipinski definition) is 1. The van der Waals surface area contributed by atoms with Crippen molar-refractivity contribution in [3.63, 3.8) is 0 Å². The van der Waals surface area contributed by atoms with Gasteiger partial charge in [-0.2, -0.15) is 0 Å². The molecule has 0 saturated carbocycles. The average Bonchev–Trinajstić information content (AvgIpc) is 2.40. The largest absolute Gasteiger partial charge is 0.444 e. The molecule has 1 saturated heterocycles. The van der Waals surface area contributed by atoms with Crippen molar-refractivity contribution in [2.75, 3.05) is 13.1 Å². The Labute approximate surface area is 128 Å². The van der Waals surface area contributed by atoms with Crippen LogP contribution in [0, 0.1) is 11.6 Å². The van der Waals surface area contributed by atoms with Crippen molar-refractivity contribution in [1.29, 1.82) is 0 Å². The molecule has 21 heavy (non-hydrogen) atoms. The number of hydrogen-bond acceptors (Lipinski definition) is 3. The summed E-state index contributed by atoms with van der Waals surface area (Å²) in [4.78, 5) is 13.7. The Balaban J connectivity index is 0.00000220. The fraction of sp³-hybridized carbons (Fsp3) is 0.500. The van der Waals surface area contributed by atoms with Gasteiger partial charge in [-0.15, -0.1) is 12.4 Å². The number of benzene rings is 1. The molecular formula is C14H19ClF2N2O2. The van der Waals surface area contributed by atoms with Crippen LogP contribution in [0.15, 0.2) is 18.2 Å². The number of nitrogens with one attached hydrogen (secondary N) is 1. The van der Waals surface area contributed by atoms with Gasteiger partial charge in [-0.25, -0.2) is 13.6 Å². The number of amides is 1. The molecule has 0 aromatic heterocycles. The molecule has 1 heterocycles. The first kappa shape index (κ1) is 17.7. The molecule has 1 aromatic carbocycles. The molecule has 1 aromatic rings. The Kier molecular flexibility index (Phi) is 6.36. The van der Waals surface area contributed by atoms with E-state index in [2.05, 4.69) is 5.32 Å². The fourth-order valence-corrected chi connectivity index (χ4v) is 2.37. The molecule has 0 spiro atoms. The summed E-state index contributed by atoms with van der Waals surface area (Å²) < 4.78 is 31.6. The second-order valence-corrected chi connectivity index (χ2v) is 5.03. The molecule has 118 valence electrons. The third-order valence-electron chi connectivity index (χ3n) is 3.42. The van der Waals surface area contributed by atoms with Crippen molar-refractivity contribution in [1.82, 2.24) is 10.2 Å². The minimum atomic E-state index is -0.971. The first-order chi connectivity index (χ1) is 9.50. The van der Waals surface area contributed by atoms with E-state index in [-0.39, 0.29) is 36.7 Å². The van der Waals surface area contributed by atoms with E-state index in [1.807, 2.05) is 13.8 Å². The van der Waals surface area contributed by atoms with Crippen LogP contribution in [-0.4, -0.2) is 36.2 Å². The van der Waals surface area contributed by atoms with Gasteiger partial charge in [0, 0.05) is 30.7 Å². The Hall–Kier alpha value is -1.40. The number of carbonyl (C=O) groups is 1. The van der Waals surface area contributed by atoms with E-state index in [4.69, 9.17) is 4.74 Å². The Morgan fingerprint density at radius 3 is 2.57 bits per heavy atom. The minimum Gasteiger partial charge on any atom is -0.444 e. The van der Waals surface area contributed by atoms with Crippen molar-refractivity contribution >= 4 is 18.5 Å². The zero-order valence-electron chi connectivity index (χ0n) is 11.9. The summed E-state index contributed by atoms with van der Waals surface area (Å²) >= 11 is 0. The van der Waals surface area contributed by atoms with E-state index in [0.717, 1.165) is 6.07 Å². The van der Waals surface area contributed by atoms with Crippen molar-refractivity contribution in [3.8, 4) is 0 Å². The van der Waals surface area contributed by atoms with Crippen molar-refractivity contribution in [3.05, 3.63) is 35.4 Å². The number of nitrogens with zero attached hydrogens (tertiary/aromatic N) is 1. The van der Waals surface area contributed by atoms with Crippen molar-refractivity contribution < 1.29 is 18.3 Å². The second kappa shape index (κ2) is 7.56. The van der Waals surface area contributed by atoms with E-state index in [0.29, 0.717) is 13.1 Å². The summed E-state index contributed by atoms with van der Waals surface area (Å²) in [5.41, 5.74) is 0.0359. The molecule has 1 aliphatic heterocycles. The van der Waals surface area contributed by atoms with Gasteiger partial charge in [0.2, 0.25) is 0 Å². The van der Waals surface area contributed by atoms with Gasteiger partial charge in [-0.05, 0) is 19.9 Å². The summed E-state index contributed by atoms with van der Waals surface area (Å²) in [7, 11) is 0. The van der Waals surface area contributed by atoms with Gasteiger partial charge >= 0.3 is 6.09 Å². The van der Waals surface area contributed by atoms with E-state index < -0.39 is 17.7 Å². The van der Waals surface area contributed by atoms with E-state index in [1.54, 1.807) is 4.90 Å². The minimum absolute atomic E-state index is 0. The van der Waals surface area contributed by atoms with Crippen LogP contribution < -0.4 is 5.32 Å². The number of piperazine rings is 1. The molecule has 0 aliphatic carbocycles. The summed E-state index contributed by atoms with van der Waals surface area (Å²) in [6, 6.07) is 3.82. The third-order valence-corrected chi connectivity index (χ3v) is 3.42. The first-order valence-corrected chi connectivity index (χ1v) is 6.59. The lowest BCUT2D eigenvalue weighted by molar-refractivity contribution is 0.0557. The van der Waals surface area contributed by atoms with Gasteiger partial charge in [0.05, 0.1) is 0 Å². The van der Waals surface area contributed by atoms with Crippen LogP contribution >= 0.6 is 12.4 Å². The number of carbonyl (C=O) groups excluding carboxylic acids is 1. The molecule has 1 aliphatic rings. The number of halogens is 3. The molecule has 1 fully saturated rings. The van der Waals surface area contributed by atoms with Gasteiger partial charge in [0.1, 0.15) is 6.61 Å². The summed E-state index contributed by atoms with van der Waals surface area (Å²) in [5, 5.41) is 3.20.